The van der Waals surface area contributed by atoms with E-state index >= 15 is 0 Å². The van der Waals surface area contributed by atoms with Gasteiger partial charge < -0.3 is 13.9 Å². The van der Waals surface area contributed by atoms with E-state index in [9.17, 15) is 9.59 Å². The molecule has 32 heavy (non-hydrogen) atoms. The number of furan rings is 1. The molecule has 0 unspecified atom stereocenters. The van der Waals surface area contributed by atoms with Gasteiger partial charge >= 0.3 is 0 Å². The van der Waals surface area contributed by atoms with Gasteiger partial charge in [-0.2, -0.15) is 0 Å². The van der Waals surface area contributed by atoms with Gasteiger partial charge in [0.2, 0.25) is 0 Å². The van der Waals surface area contributed by atoms with Crippen molar-refractivity contribution in [3.05, 3.63) is 83.2 Å². The molecule has 2 aromatic carbocycles. The number of ether oxygens (including phenoxy) is 2. The molecule has 1 aliphatic rings. The number of hydrogen-bond acceptors (Lipinski definition) is 6. The average molecular weight is 450 g/mol. The summed E-state index contributed by atoms with van der Waals surface area (Å²) < 4.78 is 16.4. The molecule has 0 fully saturated rings. The molecule has 164 valence electrons. The van der Waals surface area contributed by atoms with Gasteiger partial charge in [0.05, 0.1) is 41.4 Å². The Balaban J connectivity index is 1.68. The Hall–Kier alpha value is -3.45. The molecule has 2 heterocycles. The lowest BCUT2D eigenvalue weighted by molar-refractivity contribution is -0.119. The molecule has 0 radical (unpaired) electrons. The Kier molecular flexibility index (Phi) is 6.66. The monoisotopic (exact) mass is 449 g/mol. The summed E-state index contributed by atoms with van der Waals surface area (Å²) in [6.07, 6.45) is 1.59. The smallest absolute Gasteiger partial charge is 0.272 e. The first-order valence-electron chi connectivity index (χ1n) is 10.4. The fraction of sp³-hybridized carbons (Fsp3) is 0.200. The van der Waals surface area contributed by atoms with Gasteiger partial charge in [0, 0.05) is 0 Å². The van der Waals surface area contributed by atoms with Crippen LogP contribution in [0.4, 0.5) is 5.69 Å². The average Bonchev–Trinajstić information content (AvgIpc) is 3.40. The molecular formula is C25H23NO5S. The van der Waals surface area contributed by atoms with Gasteiger partial charge in [0.25, 0.3) is 11.8 Å². The number of amides is 2. The van der Waals surface area contributed by atoms with Crippen LogP contribution in [0.1, 0.15) is 25.2 Å². The lowest BCUT2D eigenvalue weighted by atomic mass is 10.1. The van der Waals surface area contributed by atoms with Crippen molar-refractivity contribution in [2.75, 3.05) is 18.1 Å². The minimum Gasteiger partial charge on any atom is -0.494 e. The third-order valence-electron chi connectivity index (χ3n) is 4.84. The van der Waals surface area contributed by atoms with Crippen LogP contribution in [0, 0.1) is 0 Å². The van der Waals surface area contributed by atoms with Crippen molar-refractivity contribution >= 4 is 34.8 Å². The normalized spacial score (nSPS) is 13.8. The summed E-state index contributed by atoms with van der Waals surface area (Å²) in [5.41, 5.74) is 1.55. The van der Waals surface area contributed by atoms with Crippen LogP contribution in [-0.4, -0.2) is 25.0 Å². The number of anilines is 1. The molecule has 1 aromatic heterocycles. The predicted molar refractivity (Wildman–Crippen MR) is 125 cm³/mol. The van der Waals surface area contributed by atoms with Gasteiger partial charge in [-0.3, -0.25) is 9.59 Å². The van der Waals surface area contributed by atoms with Crippen LogP contribution in [0.15, 0.2) is 76.2 Å². The molecule has 7 heteroatoms. The van der Waals surface area contributed by atoms with Gasteiger partial charge in [0.15, 0.2) is 0 Å². The Morgan fingerprint density at radius 1 is 0.844 bits per heavy atom. The molecule has 0 saturated carbocycles. The summed E-state index contributed by atoms with van der Waals surface area (Å²) in [6, 6.07) is 17.8. The maximum Gasteiger partial charge on any atom is 0.272 e. The highest BCUT2D eigenvalue weighted by Gasteiger charge is 2.40. The van der Waals surface area contributed by atoms with Crippen LogP contribution in [0.2, 0.25) is 0 Å². The summed E-state index contributed by atoms with van der Waals surface area (Å²) in [6.45, 7) is 4.90. The third-order valence-corrected chi connectivity index (χ3v) is 5.94. The van der Waals surface area contributed by atoms with Crippen molar-refractivity contribution in [3.8, 4) is 11.5 Å². The molecule has 2 amide bonds. The number of imide groups is 1. The number of nitrogens with zero attached hydrogens (tertiary/aromatic N) is 1. The lowest BCUT2D eigenvalue weighted by Gasteiger charge is -2.16. The van der Waals surface area contributed by atoms with Crippen LogP contribution in [0.5, 0.6) is 11.5 Å². The molecule has 0 saturated heterocycles. The van der Waals surface area contributed by atoms with E-state index in [4.69, 9.17) is 13.9 Å². The molecule has 0 atom stereocenters. The van der Waals surface area contributed by atoms with Crippen molar-refractivity contribution in [1.29, 1.82) is 0 Å². The van der Waals surface area contributed by atoms with E-state index in [2.05, 4.69) is 0 Å². The standard InChI is InChI=1S/C25H23NO5S/c1-3-29-19-11-7-17(8-12-19)22-23(32-16-21-6-5-15-31-21)25(28)26(24(22)27)18-9-13-20(14-10-18)30-4-2/h5-15H,3-4,16H2,1-2H3. The molecule has 0 N–H and O–H groups in total. The van der Waals surface area contributed by atoms with Crippen LogP contribution < -0.4 is 14.4 Å². The molecule has 6 nitrogen and oxygen atoms in total. The third kappa shape index (κ3) is 4.43. The number of thioether (sulfide) groups is 1. The summed E-state index contributed by atoms with van der Waals surface area (Å²) in [5.74, 6) is 1.86. The van der Waals surface area contributed by atoms with Crippen molar-refractivity contribution in [3.63, 3.8) is 0 Å². The van der Waals surface area contributed by atoms with E-state index in [-0.39, 0.29) is 11.8 Å². The predicted octanol–water partition coefficient (Wildman–Crippen LogP) is 5.29. The fourth-order valence-electron chi connectivity index (χ4n) is 3.41. The Morgan fingerprint density at radius 2 is 1.47 bits per heavy atom. The fourth-order valence-corrected chi connectivity index (χ4v) is 4.43. The highest BCUT2D eigenvalue weighted by atomic mass is 32.2. The van der Waals surface area contributed by atoms with Crippen LogP contribution in [-0.2, 0) is 15.3 Å². The second kappa shape index (κ2) is 9.78. The highest BCUT2D eigenvalue weighted by molar-refractivity contribution is 8.03. The zero-order chi connectivity index (χ0) is 22.5. The Morgan fingerprint density at radius 3 is 2.03 bits per heavy atom. The number of rotatable bonds is 9. The van der Waals surface area contributed by atoms with Gasteiger partial charge in [-0.05, 0) is 67.9 Å². The van der Waals surface area contributed by atoms with Gasteiger partial charge in [0.1, 0.15) is 17.3 Å². The summed E-state index contributed by atoms with van der Waals surface area (Å²) in [5, 5.41) is 0. The minimum atomic E-state index is -0.356. The summed E-state index contributed by atoms with van der Waals surface area (Å²) in [7, 11) is 0. The van der Waals surface area contributed by atoms with Crippen LogP contribution in [0.25, 0.3) is 5.57 Å². The topological polar surface area (TPSA) is 69.0 Å². The van der Waals surface area contributed by atoms with Crippen molar-refractivity contribution in [1.82, 2.24) is 0 Å². The van der Waals surface area contributed by atoms with Gasteiger partial charge in [-0.25, -0.2) is 4.90 Å². The molecule has 1 aliphatic heterocycles. The van der Waals surface area contributed by atoms with E-state index in [0.717, 1.165) is 5.76 Å². The molecular weight excluding hydrogens is 426 g/mol. The Labute approximate surface area is 190 Å². The molecule has 0 spiro atoms. The van der Waals surface area contributed by atoms with Crippen molar-refractivity contribution in [2.24, 2.45) is 0 Å². The number of carbonyl (C=O) groups excluding carboxylic acids is 2. The van der Waals surface area contributed by atoms with E-state index in [1.165, 1.54) is 16.7 Å². The van der Waals surface area contributed by atoms with E-state index in [0.29, 0.717) is 52.2 Å². The van der Waals surface area contributed by atoms with Crippen LogP contribution >= 0.6 is 11.8 Å². The second-order valence-electron chi connectivity index (χ2n) is 6.90. The van der Waals surface area contributed by atoms with Gasteiger partial charge in [-0.15, -0.1) is 11.8 Å². The quantitative estimate of drug-likeness (QED) is 0.413. The summed E-state index contributed by atoms with van der Waals surface area (Å²) >= 11 is 1.30. The first kappa shape index (κ1) is 21.8. The molecule has 3 aromatic rings. The van der Waals surface area contributed by atoms with Crippen molar-refractivity contribution < 1.29 is 23.5 Å². The molecule has 0 bridgehead atoms. The maximum absolute atomic E-state index is 13.5. The van der Waals surface area contributed by atoms with E-state index in [1.807, 2.05) is 19.9 Å². The largest absolute Gasteiger partial charge is 0.494 e. The van der Waals surface area contributed by atoms with Crippen molar-refractivity contribution in [2.45, 2.75) is 19.6 Å². The van der Waals surface area contributed by atoms with Crippen LogP contribution in [0.3, 0.4) is 0 Å². The first-order chi connectivity index (χ1) is 15.6. The van der Waals surface area contributed by atoms with E-state index in [1.54, 1.807) is 60.9 Å². The second-order valence-corrected chi connectivity index (χ2v) is 7.89. The maximum atomic E-state index is 13.5. The highest BCUT2D eigenvalue weighted by Crippen LogP contribution is 2.40. The first-order valence-corrected chi connectivity index (χ1v) is 11.3. The SMILES string of the molecule is CCOc1ccc(C2=C(SCc3ccco3)C(=O)N(c3ccc(OCC)cc3)C2=O)cc1. The number of hydrogen-bond donors (Lipinski definition) is 0. The molecule has 4 rings (SSSR count). The number of benzene rings is 2. The number of carbonyl (C=O) groups is 2. The Bertz CT molecular complexity index is 1120. The van der Waals surface area contributed by atoms with Gasteiger partial charge in [-0.1, -0.05) is 12.1 Å². The zero-order valence-corrected chi connectivity index (χ0v) is 18.7. The lowest BCUT2D eigenvalue weighted by Crippen LogP contribution is -2.31. The molecule has 0 aliphatic carbocycles. The minimum absolute atomic E-state index is 0.348. The summed E-state index contributed by atoms with van der Waals surface area (Å²) in [4.78, 5) is 28.4. The zero-order valence-electron chi connectivity index (χ0n) is 17.9. The van der Waals surface area contributed by atoms with E-state index < -0.39 is 0 Å².